The number of phenols is 1. The van der Waals surface area contributed by atoms with E-state index in [1.165, 1.54) is 12.1 Å². The van der Waals surface area contributed by atoms with Crippen LogP contribution in [0.4, 0.5) is 11.4 Å². The Morgan fingerprint density at radius 2 is 1.71 bits per heavy atom. The van der Waals surface area contributed by atoms with Crippen LogP contribution in [0.3, 0.4) is 0 Å². The Morgan fingerprint density at radius 3 is 2.26 bits per heavy atom. The molecule has 0 saturated carbocycles. The van der Waals surface area contributed by atoms with Crippen LogP contribution in [0.25, 0.3) is 0 Å². The molecule has 208 valence electrons. The smallest absolute Gasteiger partial charge is 0.326 e. The maximum atomic E-state index is 12.5. The highest BCUT2D eigenvalue weighted by atomic mass is 32.2. The molecule has 0 radical (unpaired) electrons. The first kappa shape index (κ1) is 29.2. The van der Waals surface area contributed by atoms with Gasteiger partial charge >= 0.3 is 5.97 Å². The second-order valence-electron chi connectivity index (χ2n) is 9.92. The number of phenolic OH excluding ortho intramolecular Hbond substituents is 1. The molecule has 38 heavy (non-hydrogen) atoms. The Morgan fingerprint density at radius 1 is 1.08 bits per heavy atom. The van der Waals surface area contributed by atoms with E-state index in [0.29, 0.717) is 11.1 Å². The van der Waals surface area contributed by atoms with Crippen LogP contribution >= 0.6 is 0 Å². The molecule has 2 atom stereocenters. The van der Waals surface area contributed by atoms with Gasteiger partial charge < -0.3 is 30.9 Å². The van der Waals surface area contributed by atoms with Gasteiger partial charge in [-0.3, -0.25) is 9.52 Å². The number of hydrogen-bond donors (Lipinski definition) is 6. The minimum absolute atomic E-state index is 0.0162. The van der Waals surface area contributed by atoms with Crippen molar-refractivity contribution in [3.8, 4) is 5.75 Å². The van der Waals surface area contributed by atoms with Crippen molar-refractivity contribution in [3.63, 3.8) is 0 Å². The van der Waals surface area contributed by atoms with Crippen molar-refractivity contribution in [2.24, 2.45) is 5.92 Å². The molecule has 0 bridgehead atoms. The van der Waals surface area contributed by atoms with Gasteiger partial charge in [0, 0.05) is 36.9 Å². The van der Waals surface area contributed by atoms with Crippen LogP contribution in [0.2, 0.25) is 0 Å². The average Bonchev–Trinajstić information content (AvgIpc) is 2.86. The maximum Gasteiger partial charge on any atom is 0.326 e. The van der Waals surface area contributed by atoms with Gasteiger partial charge in [0.1, 0.15) is 11.8 Å². The van der Waals surface area contributed by atoms with Gasteiger partial charge in [-0.1, -0.05) is 19.9 Å². The number of carbonyl (C=O) groups is 2. The molecule has 1 saturated heterocycles. The fourth-order valence-electron chi connectivity index (χ4n) is 4.34. The van der Waals surface area contributed by atoms with Crippen molar-refractivity contribution in [1.29, 1.82) is 0 Å². The lowest BCUT2D eigenvalue weighted by atomic mass is 10.0. The van der Waals surface area contributed by atoms with E-state index in [1.54, 1.807) is 32.0 Å². The summed E-state index contributed by atoms with van der Waals surface area (Å²) in [6.45, 7) is 5.30. The fourth-order valence-corrected chi connectivity index (χ4v) is 4.91. The molecular formula is C26H36N4O7S. The predicted molar refractivity (Wildman–Crippen MR) is 145 cm³/mol. The number of sulfonamides is 1. The Balaban J connectivity index is 1.49. The number of benzene rings is 2. The quantitative estimate of drug-likeness (QED) is 0.230. The number of aliphatic hydroxyl groups is 1. The molecule has 0 aliphatic carbocycles. The summed E-state index contributed by atoms with van der Waals surface area (Å²) in [7, 11) is -3.57. The van der Waals surface area contributed by atoms with E-state index in [2.05, 4.69) is 20.3 Å². The summed E-state index contributed by atoms with van der Waals surface area (Å²) in [4.78, 5) is 26.0. The van der Waals surface area contributed by atoms with Crippen LogP contribution in [0.1, 0.15) is 48.7 Å². The molecule has 2 aromatic rings. The molecule has 11 nitrogen and oxygen atoms in total. The molecule has 1 aliphatic rings. The summed E-state index contributed by atoms with van der Waals surface area (Å²) in [6, 6.07) is 10.6. The van der Waals surface area contributed by atoms with Gasteiger partial charge in [-0.2, -0.15) is 0 Å². The summed E-state index contributed by atoms with van der Waals surface area (Å²) in [6.07, 6.45) is 1.77. The number of anilines is 2. The zero-order valence-corrected chi connectivity index (χ0v) is 22.5. The lowest BCUT2D eigenvalue weighted by Gasteiger charge is -2.34. The second-order valence-corrected chi connectivity index (χ2v) is 11.7. The number of carboxylic acids is 1. The molecule has 0 aromatic heterocycles. The van der Waals surface area contributed by atoms with E-state index in [4.69, 9.17) is 0 Å². The first-order chi connectivity index (χ1) is 17.8. The predicted octanol–water partition coefficient (Wildman–Crippen LogP) is 1.89. The molecule has 6 N–H and O–H groups in total. The van der Waals surface area contributed by atoms with Crippen molar-refractivity contribution in [1.82, 2.24) is 10.6 Å². The fraction of sp³-hybridized carbons (Fsp3) is 0.462. The van der Waals surface area contributed by atoms with Gasteiger partial charge in [-0.15, -0.1) is 0 Å². The normalized spacial score (nSPS) is 16.2. The van der Waals surface area contributed by atoms with Gasteiger partial charge in [0.2, 0.25) is 10.0 Å². The molecule has 12 heteroatoms. The van der Waals surface area contributed by atoms with E-state index < -0.39 is 34.0 Å². The SMILES string of the molecule is CC(C)[C@H](NC(=O)c1ccc(N2CCC(NC[C@@H](O)c3ccc(O)c(NS(C)(=O)=O)c3)CC2)cc1)C(=O)O. The monoisotopic (exact) mass is 548 g/mol. The molecule has 1 aliphatic heterocycles. The third-order valence-electron chi connectivity index (χ3n) is 6.51. The maximum absolute atomic E-state index is 12.5. The minimum Gasteiger partial charge on any atom is -0.506 e. The van der Waals surface area contributed by atoms with Crippen molar-refractivity contribution in [3.05, 3.63) is 53.6 Å². The van der Waals surface area contributed by atoms with Crippen LogP contribution in [0.15, 0.2) is 42.5 Å². The molecule has 1 fully saturated rings. The van der Waals surface area contributed by atoms with Crippen LogP contribution in [0, 0.1) is 5.92 Å². The van der Waals surface area contributed by atoms with Crippen LogP contribution in [-0.4, -0.2) is 73.6 Å². The lowest BCUT2D eigenvalue weighted by molar-refractivity contribution is -0.140. The molecule has 1 heterocycles. The number of aliphatic carboxylic acids is 1. The van der Waals surface area contributed by atoms with Crippen LogP contribution in [0.5, 0.6) is 5.75 Å². The van der Waals surface area contributed by atoms with Crippen molar-refractivity contribution in [2.75, 3.05) is 35.5 Å². The van der Waals surface area contributed by atoms with Crippen molar-refractivity contribution >= 4 is 33.3 Å². The summed E-state index contributed by atoms with van der Waals surface area (Å²) >= 11 is 0. The lowest BCUT2D eigenvalue weighted by Crippen LogP contribution is -2.44. The van der Waals surface area contributed by atoms with Crippen molar-refractivity contribution < 1.29 is 33.3 Å². The Labute approximate surface area is 222 Å². The van der Waals surface area contributed by atoms with Gasteiger partial charge in [0.25, 0.3) is 5.91 Å². The molecule has 0 unspecified atom stereocenters. The second kappa shape index (κ2) is 12.5. The zero-order chi connectivity index (χ0) is 28.0. The van der Waals surface area contributed by atoms with E-state index in [-0.39, 0.29) is 29.9 Å². The molecule has 0 spiro atoms. The van der Waals surface area contributed by atoms with E-state index in [1.807, 2.05) is 12.1 Å². The number of aliphatic hydroxyl groups excluding tert-OH is 1. The van der Waals surface area contributed by atoms with E-state index in [9.17, 15) is 33.3 Å². The number of piperidine rings is 1. The first-order valence-corrected chi connectivity index (χ1v) is 14.3. The van der Waals surface area contributed by atoms with Gasteiger partial charge in [0.15, 0.2) is 0 Å². The molecule has 1 amide bonds. The number of hydrogen-bond acceptors (Lipinski definition) is 8. The van der Waals surface area contributed by atoms with Crippen LogP contribution < -0.4 is 20.3 Å². The average molecular weight is 549 g/mol. The molecular weight excluding hydrogens is 512 g/mol. The topological polar surface area (TPSA) is 168 Å². The zero-order valence-electron chi connectivity index (χ0n) is 21.7. The number of carbonyl (C=O) groups excluding carboxylic acids is 1. The third-order valence-corrected chi connectivity index (χ3v) is 7.10. The standard InChI is InChI=1S/C26H36N4O7S/c1-16(2)24(26(34)35)28-25(33)17-4-7-20(8-5-17)30-12-10-19(11-13-30)27-15-23(32)18-6-9-22(31)21(14-18)29-38(3,36)37/h4-9,14,16,19,23-24,27,29,31-32H,10-13,15H2,1-3H3,(H,28,33)(H,34,35)/t23-,24+/m1/s1. The highest BCUT2D eigenvalue weighted by Gasteiger charge is 2.25. The van der Waals surface area contributed by atoms with Crippen molar-refractivity contribution in [2.45, 2.75) is 44.9 Å². The largest absolute Gasteiger partial charge is 0.506 e. The number of carboxylic acid groups (broad SMARTS) is 1. The summed E-state index contributed by atoms with van der Waals surface area (Å²) in [5.41, 5.74) is 1.86. The number of amides is 1. The molecule has 2 aromatic carbocycles. The summed E-state index contributed by atoms with van der Waals surface area (Å²) in [5, 5.41) is 35.7. The summed E-state index contributed by atoms with van der Waals surface area (Å²) in [5.74, 6) is -1.94. The van der Waals surface area contributed by atoms with E-state index >= 15 is 0 Å². The highest BCUT2D eigenvalue weighted by molar-refractivity contribution is 7.92. The minimum atomic E-state index is -3.57. The Bertz CT molecular complexity index is 1230. The van der Waals surface area contributed by atoms with Gasteiger partial charge in [-0.25, -0.2) is 13.2 Å². The number of nitrogens with zero attached hydrogens (tertiary/aromatic N) is 1. The third kappa shape index (κ3) is 8.07. The highest BCUT2D eigenvalue weighted by Crippen LogP contribution is 2.28. The van der Waals surface area contributed by atoms with Gasteiger partial charge in [-0.05, 0) is 60.7 Å². The first-order valence-electron chi connectivity index (χ1n) is 12.4. The number of aromatic hydroxyl groups is 1. The Kier molecular flexibility index (Phi) is 9.58. The summed E-state index contributed by atoms with van der Waals surface area (Å²) < 4.78 is 25.2. The number of nitrogens with one attached hydrogen (secondary N) is 3. The van der Waals surface area contributed by atoms with E-state index in [0.717, 1.165) is 37.9 Å². The van der Waals surface area contributed by atoms with Gasteiger partial charge in [0.05, 0.1) is 18.0 Å². The van der Waals surface area contributed by atoms with Crippen LogP contribution in [-0.2, 0) is 14.8 Å². The Hall–Kier alpha value is -3.35. The number of rotatable bonds is 11. The molecule has 3 rings (SSSR count).